The van der Waals surface area contributed by atoms with Crippen LogP contribution >= 0.6 is 0 Å². The van der Waals surface area contributed by atoms with E-state index in [1.54, 1.807) is 12.4 Å². The van der Waals surface area contributed by atoms with Crippen molar-refractivity contribution in [1.29, 1.82) is 0 Å². The first-order chi connectivity index (χ1) is 10.2. The highest BCUT2D eigenvalue weighted by Crippen LogP contribution is 2.21. The summed E-state index contributed by atoms with van der Waals surface area (Å²) >= 11 is 0. The number of nitrogens with one attached hydrogen (secondary N) is 2. The van der Waals surface area contributed by atoms with Crippen molar-refractivity contribution in [2.24, 2.45) is 13.0 Å². The Labute approximate surface area is 124 Å². The monoisotopic (exact) mass is 287 g/mol. The van der Waals surface area contributed by atoms with Crippen molar-refractivity contribution >= 4 is 0 Å². The molecule has 1 saturated heterocycles. The number of hydrogen-bond donors (Lipinski definition) is 3. The van der Waals surface area contributed by atoms with E-state index in [2.05, 4.69) is 20.7 Å². The zero-order chi connectivity index (χ0) is 14.7. The fraction of sp³-hybridized carbons (Fsp3) is 0.467. The summed E-state index contributed by atoms with van der Waals surface area (Å²) in [6.07, 6.45) is 5.35. The van der Waals surface area contributed by atoms with E-state index < -0.39 is 0 Å². The van der Waals surface area contributed by atoms with Crippen molar-refractivity contribution in [3.8, 4) is 11.3 Å². The highest BCUT2D eigenvalue weighted by atomic mass is 16.3. The number of aromatic nitrogens is 3. The highest BCUT2D eigenvalue weighted by Gasteiger charge is 2.24. The van der Waals surface area contributed by atoms with Gasteiger partial charge in [0.05, 0.1) is 11.8 Å². The maximum absolute atomic E-state index is 9.80. The van der Waals surface area contributed by atoms with Gasteiger partial charge in [0.1, 0.15) is 0 Å². The molecule has 0 aliphatic carbocycles. The van der Waals surface area contributed by atoms with Crippen molar-refractivity contribution in [2.75, 3.05) is 19.6 Å². The Morgan fingerprint density at radius 3 is 2.90 bits per heavy atom. The van der Waals surface area contributed by atoms with Crippen molar-refractivity contribution in [2.45, 2.75) is 12.6 Å². The average molecular weight is 287 g/mol. The van der Waals surface area contributed by atoms with Crippen molar-refractivity contribution < 1.29 is 5.11 Å². The standard InChI is InChI=1S/C15H21N5O/c1-20-10-13(8-17-6-12-7-18-9-14(12)21)15(19-20)11-2-4-16-5-3-11/h2-5,10,12,14,17-18,21H,6-9H2,1H3. The molecule has 3 rings (SSSR count). The van der Waals surface area contributed by atoms with Crippen LogP contribution in [0.25, 0.3) is 11.3 Å². The Hall–Kier alpha value is -1.76. The number of hydrogen-bond acceptors (Lipinski definition) is 5. The van der Waals surface area contributed by atoms with Gasteiger partial charge in [-0.05, 0) is 12.1 Å². The van der Waals surface area contributed by atoms with Gasteiger partial charge in [-0.3, -0.25) is 9.67 Å². The SMILES string of the molecule is Cn1cc(CNCC2CNCC2O)c(-c2ccncc2)n1. The first-order valence-corrected chi connectivity index (χ1v) is 7.26. The third kappa shape index (κ3) is 3.29. The summed E-state index contributed by atoms with van der Waals surface area (Å²) in [6.45, 7) is 3.12. The fourth-order valence-electron chi connectivity index (χ4n) is 2.74. The zero-order valence-corrected chi connectivity index (χ0v) is 12.2. The second-order valence-corrected chi connectivity index (χ2v) is 5.53. The van der Waals surface area contributed by atoms with Crippen LogP contribution in [0.2, 0.25) is 0 Å². The summed E-state index contributed by atoms with van der Waals surface area (Å²) in [5.74, 6) is 0.283. The lowest BCUT2D eigenvalue weighted by atomic mass is 10.1. The molecule has 0 saturated carbocycles. The van der Waals surface area contributed by atoms with Crippen LogP contribution in [0.3, 0.4) is 0 Å². The number of pyridine rings is 1. The number of aryl methyl sites for hydroxylation is 1. The van der Waals surface area contributed by atoms with Crippen molar-refractivity contribution in [3.63, 3.8) is 0 Å². The van der Waals surface area contributed by atoms with Gasteiger partial charge in [0.2, 0.25) is 0 Å². The molecule has 2 unspecified atom stereocenters. The number of rotatable bonds is 5. The van der Waals surface area contributed by atoms with Crippen LogP contribution in [0, 0.1) is 5.92 Å². The van der Waals surface area contributed by atoms with Crippen LogP contribution in [0.15, 0.2) is 30.7 Å². The number of nitrogens with zero attached hydrogens (tertiary/aromatic N) is 3. The normalized spacial score (nSPS) is 21.8. The molecule has 1 fully saturated rings. The molecular weight excluding hydrogens is 266 g/mol. The second kappa shape index (κ2) is 6.34. The molecule has 6 heteroatoms. The topological polar surface area (TPSA) is 75.0 Å². The van der Waals surface area contributed by atoms with E-state index in [9.17, 15) is 5.11 Å². The molecule has 2 aromatic rings. The van der Waals surface area contributed by atoms with Gasteiger partial charge < -0.3 is 15.7 Å². The Morgan fingerprint density at radius 2 is 2.19 bits per heavy atom. The molecule has 1 aliphatic heterocycles. The summed E-state index contributed by atoms with van der Waals surface area (Å²) in [5, 5.41) is 21.0. The first-order valence-electron chi connectivity index (χ1n) is 7.26. The van der Waals surface area contributed by atoms with Crippen LogP contribution < -0.4 is 10.6 Å². The summed E-state index contributed by atoms with van der Waals surface area (Å²) in [5.41, 5.74) is 3.21. The lowest BCUT2D eigenvalue weighted by Gasteiger charge is -2.14. The second-order valence-electron chi connectivity index (χ2n) is 5.53. The maximum Gasteiger partial charge on any atom is 0.0969 e. The quantitative estimate of drug-likeness (QED) is 0.730. The van der Waals surface area contributed by atoms with Crippen LogP contribution in [-0.4, -0.2) is 45.6 Å². The first kappa shape index (κ1) is 14.2. The highest BCUT2D eigenvalue weighted by molar-refractivity contribution is 5.61. The van der Waals surface area contributed by atoms with Gasteiger partial charge in [0, 0.05) is 68.9 Å². The summed E-state index contributed by atoms with van der Waals surface area (Å²) in [4.78, 5) is 4.05. The largest absolute Gasteiger partial charge is 0.391 e. The Balaban J connectivity index is 1.65. The van der Waals surface area contributed by atoms with Crippen molar-refractivity contribution in [3.05, 3.63) is 36.3 Å². The summed E-state index contributed by atoms with van der Waals surface area (Å²) < 4.78 is 1.83. The van der Waals surface area contributed by atoms with Crippen LogP contribution in [-0.2, 0) is 13.6 Å². The van der Waals surface area contributed by atoms with E-state index in [0.29, 0.717) is 6.54 Å². The van der Waals surface area contributed by atoms with Gasteiger partial charge in [-0.25, -0.2) is 0 Å². The molecule has 6 nitrogen and oxygen atoms in total. The minimum Gasteiger partial charge on any atom is -0.391 e. The van der Waals surface area contributed by atoms with E-state index in [0.717, 1.165) is 36.5 Å². The summed E-state index contributed by atoms with van der Waals surface area (Å²) in [7, 11) is 1.93. The lowest BCUT2D eigenvalue weighted by Crippen LogP contribution is -2.30. The number of aliphatic hydroxyl groups is 1. The molecule has 1 aliphatic rings. The van der Waals surface area contributed by atoms with E-state index in [-0.39, 0.29) is 12.0 Å². The molecule has 0 aromatic carbocycles. The predicted molar refractivity (Wildman–Crippen MR) is 80.5 cm³/mol. The molecule has 2 atom stereocenters. The van der Waals surface area contributed by atoms with E-state index in [1.165, 1.54) is 0 Å². The summed E-state index contributed by atoms with van der Waals surface area (Å²) in [6, 6.07) is 3.94. The van der Waals surface area contributed by atoms with Gasteiger partial charge in [0.15, 0.2) is 0 Å². The molecule has 0 amide bonds. The Kier molecular flexibility index (Phi) is 4.28. The molecule has 21 heavy (non-hydrogen) atoms. The van der Waals surface area contributed by atoms with Crippen LogP contribution in [0.4, 0.5) is 0 Å². The predicted octanol–water partition coefficient (Wildman–Crippen LogP) is 0.152. The van der Waals surface area contributed by atoms with E-state index >= 15 is 0 Å². The Morgan fingerprint density at radius 1 is 1.38 bits per heavy atom. The molecule has 2 aromatic heterocycles. The smallest absolute Gasteiger partial charge is 0.0969 e. The molecule has 0 radical (unpaired) electrons. The van der Waals surface area contributed by atoms with Crippen LogP contribution in [0.1, 0.15) is 5.56 Å². The van der Waals surface area contributed by atoms with Gasteiger partial charge in [-0.15, -0.1) is 0 Å². The lowest BCUT2D eigenvalue weighted by molar-refractivity contribution is 0.146. The molecular formula is C15H21N5O. The van der Waals surface area contributed by atoms with E-state index in [1.807, 2.05) is 30.1 Å². The Bertz CT molecular complexity index is 583. The fourth-order valence-corrected chi connectivity index (χ4v) is 2.74. The van der Waals surface area contributed by atoms with Crippen LogP contribution in [0.5, 0.6) is 0 Å². The van der Waals surface area contributed by atoms with Gasteiger partial charge in [-0.2, -0.15) is 5.10 Å². The molecule has 3 N–H and O–H groups in total. The maximum atomic E-state index is 9.80. The van der Waals surface area contributed by atoms with Gasteiger partial charge in [0.25, 0.3) is 0 Å². The molecule has 112 valence electrons. The molecule has 0 spiro atoms. The molecule has 0 bridgehead atoms. The number of β-amino-alcohol motifs (C(OH)–C–C–N with tert-alkyl or cyclic N) is 1. The minimum atomic E-state index is -0.244. The zero-order valence-electron chi connectivity index (χ0n) is 12.2. The van der Waals surface area contributed by atoms with Crippen molar-refractivity contribution in [1.82, 2.24) is 25.4 Å². The van der Waals surface area contributed by atoms with E-state index in [4.69, 9.17) is 0 Å². The molecule has 3 heterocycles. The average Bonchev–Trinajstić information content (AvgIpc) is 3.06. The van der Waals surface area contributed by atoms with Gasteiger partial charge in [-0.1, -0.05) is 0 Å². The third-order valence-electron chi connectivity index (χ3n) is 3.88. The van der Waals surface area contributed by atoms with Gasteiger partial charge >= 0.3 is 0 Å². The third-order valence-corrected chi connectivity index (χ3v) is 3.88. The minimum absolute atomic E-state index is 0.244. The number of aliphatic hydroxyl groups excluding tert-OH is 1.